The van der Waals surface area contributed by atoms with Gasteiger partial charge in [-0.05, 0) is 0 Å². The van der Waals surface area contributed by atoms with E-state index in [1.54, 1.807) is 0 Å². The average molecular weight is 269 g/mol. The van der Waals surface area contributed by atoms with Gasteiger partial charge in [-0.15, -0.1) is 0 Å². The van der Waals surface area contributed by atoms with Crippen LogP contribution in [0.3, 0.4) is 0 Å². The van der Waals surface area contributed by atoms with Crippen molar-refractivity contribution in [3.8, 4) is 0 Å². The molecule has 1 N–H and O–H groups in total. The Hall–Kier alpha value is -0.460. The van der Waals surface area contributed by atoms with Gasteiger partial charge in [-0.3, -0.25) is 0 Å². The number of rotatable bonds is 2. The Labute approximate surface area is 109 Å². The Bertz CT molecular complexity index is 421. The lowest BCUT2D eigenvalue weighted by Crippen LogP contribution is -2.19. The molecule has 0 spiro atoms. The van der Waals surface area contributed by atoms with Gasteiger partial charge in [0.2, 0.25) is 0 Å². The maximum atomic E-state index is 5.74. The maximum absolute atomic E-state index is 5.74. The van der Waals surface area contributed by atoms with E-state index < -0.39 is 0 Å². The summed E-state index contributed by atoms with van der Waals surface area (Å²) in [7, 11) is 1.92. The summed E-state index contributed by atoms with van der Waals surface area (Å²) >= 11 is 3.81. The Kier molecular flexibility index (Phi) is 3.44. The van der Waals surface area contributed by atoms with E-state index in [1.165, 1.54) is 11.3 Å². The molecular weight excluding hydrogens is 254 g/mol. The molecule has 0 aromatic carbocycles. The quantitative estimate of drug-likeness (QED) is 0.887. The molecule has 3 heterocycles. The predicted octanol–water partition coefficient (Wildman–Crippen LogP) is 2.07. The molecule has 0 amide bonds. The molecule has 6 heteroatoms. The molecule has 1 fully saturated rings. The van der Waals surface area contributed by atoms with Gasteiger partial charge in [0.05, 0.1) is 12.3 Å². The lowest BCUT2D eigenvalue weighted by molar-refractivity contribution is 0.0694. The molecule has 0 radical (unpaired) electrons. The molecule has 1 aromatic heterocycles. The van der Waals surface area contributed by atoms with Crippen molar-refractivity contribution in [3.05, 3.63) is 17.1 Å². The van der Waals surface area contributed by atoms with E-state index in [0.29, 0.717) is 0 Å². The first-order valence-electron chi connectivity index (χ1n) is 5.73. The molecule has 92 valence electrons. The van der Waals surface area contributed by atoms with Gasteiger partial charge in [0.15, 0.2) is 5.82 Å². The zero-order chi connectivity index (χ0) is 11.7. The van der Waals surface area contributed by atoms with Crippen LogP contribution in [0.1, 0.15) is 23.2 Å². The van der Waals surface area contributed by atoms with Crippen molar-refractivity contribution < 1.29 is 4.74 Å². The summed E-state index contributed by atoms with van der Waals surface area (Å²) in [5.41, 5.74) is 2.45. The molecule has 17 heavy (non-hydrogen) atoms. The van der Waals surface area contributed by atoms with Crippen molar-refractivity contribution in [2.75, 3.05) is 30.5 Å². The summed E-state index contributed by atoms with van der Waals surface area (Å²) < 4.78 is 5.74. The van der Waals surface area contributed by atoms with E-state index in [2.05, 4.69) is 15.3 Å². The fourth-order valence-corrected chi connectivity index (χ4v) is 3.94. The van der Waals surface area contributed by atoms with E-state index >= 15 is 0 Å². The van der Waals surface area contributed by atoms with Crippen molar-refractivity contribution in [1.29, 1.82) is 0 Å². The number of hydrogen-bond donors (Lipinski definition) is 1. The Balaban J connectivity index is 1.94. The maximum Gasteiger partial charge on any atom is 0.160 e. The minimum Gasteiger partial charge on any atom is -0.373 e. The van der Waals surface area contributed by atoms with Crippen LogP contribution in [-0.2, 0) is 16.2 Å². The molecule has 0 bridgehead atoms. The van der Waals surface area contributed by atoms with E-state index in [0.717, 1.165) is 41.3 Å². The molecule has 1 saturated heterocycles. The van der Waals surface area contributed by atoms with Crippen molar-refractivity contribution in [1.82, 2.24) is 9.97 Å². The van der Waals surface area contributed by atoms with Gasteiger partial charge in [0.1, 0.15) is 11.9 Å². The summed E-state index contributed by atoms with van der Waals surface area (Å²) in [6.07, 6.45) is 0.0664. The Morgan fingerprint density at radius 3 is 3.00 bits per heavy atom. The summed E-state index contributed by atoms with van der Waals surface area (Å²) in [6.45, 7) is 0.805. The first-order valence-corrected chi connectivity index (χ1v) is 8.04. The van der Waals surface area contributed by atoms with Crippen LogP contribution in [-0.4, -0.2) is 35.1 Å². The third-order valence-corrected chi connectivity index (χ3v) is 4.90. The number of ether oxygens (including phenoxy) is 1. The van der Waals surface area contributed by atoms with Crippen LogP contribution in [0.5, 0.6) is 0 Å². The number of hydrogen-bond acceptors (Lipinski definition) is 6. The highest BCUT2D eigenvalue weighted by Gasteiger charge is 2.24. The molecule has 1 unspecified atom stereocenters. The largest absolute Gasteiger partial charge is 0.373 e. The van der Waals surface area contributed by atoms with Gasteiger partial charge in [-0.25, -0.2) is 9.97 Å². The molecule has 2 aliphatic heterocycles. The van der Waals surface area contributed by atoms with Crippen LogP contribution in [0.15, 0.2) is 0 Å². The van der Waals surface area contributed by atoms with E-state index in [9.17, 15) is 0 Å². The summed E-state index contributed by atoms with van der Waals surface area (Å²) in [5.74, 6) is 5.90. The first kappa shape index (κ1) is 11.6. The van der Waals surface area contributed by atoms with Gasteiger partial charge in [-0.2, -0.15) is 23.5 Å². The fourth-order valence-electron chi connectivity index (χ4n) is 2.06. The van der Waals surface area contributed by atoms with Crippen LogP contribution in [0.4, 0.5) is 5.82 Å². The first-order chi connectivity index (χ1) is 8.38. The van der Waals surface area contributed by atoms with E-state index in [4.69, 9.17) is 4.74 Å². The number of aromatic nitrogens is 2. The summed E-state index contributed by atoms with van der Waals surface area (Å²) in [4.78, 5) is 9.29. The smallest absolute Gasteiger partial charge is 0.160 e. The topological polar surface area (TPSA) is 47.0 Å². The second kappa shape index (κ2) is 5.04. The third kappa shape index (κ3) is 2.26. The lowest BCUT2D eigenvalue weighted by Gasteiger charge is -2.22. The average Bonchev–Trinajstić information content (AvgIpc) is 2.86. The Morgan fingerprint density at radius 1 is 1.29 bits per heavy atom. The molecule has 2 aliphatic rings. The number of fused-ring (bicyclic) bond motifs is 1. The van der Waals surface area contributed by atoms with Gasteiger partial charge < -0.3 is 10.1 Å². The fraction of sp³-hybridized carbons (Fsp3) is 0.636. The zero-order valence-electron chi connectivity index (χ0n) is 9.73. The van der Waals surface area contributed by atoms with Crippen molar-refractivity contribution in [2.45, 2.75) is 17.6 Å². The minimum atomic E-state index is 0.0664. The van der Waals surface area contributed by atoms with Crippen molar-refractivity contribution >= 4 is 29.3 Å². The van der Waals surface area contributed by atoms with Crippen molar-refractivity contribution in [3.63, 3.8) is 0 Å². The molecule has 3 rings (SSSR count). The van der Waals surface area contributed by atoms with Crippen LogP contribution in [0, 0.1) is 0 Å². The predicted molar refractivity (Wildman–Crippen MR) is 72.6 cm³/mol. The zero-order valence-corrected chi connectivity index (χ0v) is 11.4. The standard InChI is InChI=1S/C11H15N3OS2/c1-12-10-7-4-17-5-8(7)13-11(14-10)9-6-16-3-2-15-9/h9H,2-6H2,1H3,(H,12,13,14). The normalized spacial score (nSPS) is 23.5. The monoisotopic (exact) mass is 269 g/mol. The number of anilines is 1. The summed E-state index contributed by atoms with van der Waals surface area (Å²) in [5, 5.41) is 3.18. The molecule has 1 atom stereocenters. The van der Waals surface area contributed by atoms with Crippen LogP contribution < -0.4 is 5.32 Å². The van der Waals surface area contributed by atoms with E-state index in [1.807, 2.05) is 30.6 Å². The van der Waals surface area contributed by atoms with Gasteiger partial charge in [-0.1, -0.05) is 0 Å². The SMILES string of the molecule is CNc1nc(C2CSCCO2)nc2c1CSC2. The number of thioether (sulfide) groups is 2. The second-order valence-electron chi connectivity index (χ2n) is 4.03. The molecule has 0 saturated carbocycles. The van der Waals surface area contributed by atoms with Crippen LogP contribution in [0.2, 0.25) is 0 Å². The van der Waals surface area contributed by atoms with Crippen LogP contribution in [0.25, 0.3) is 0 Å². The second-order valence-corrected chi connectivity index (χ2v) is 6.17. The highest BCUT2D eigenvalue weighted by Crippen LogP contribution is 2.34. The Morgan fingerprint density at radius 2 is 2.24 bits per heavy atom. The molecule has 4 nitrogen and oxygen atoms in total. The number of nitrogens with one attached hydrogen (secondary N) is 1. The lowest BCUT2D eigenvalue weighted by atomic mass is 10.2. The van der Waals surface area contributed by atoms with Crippen molar-refractivity contribution in [2.24, 2.45) is 0 Å². The van der Waals surface area contributed by atoms with E-state index in [-0.39, 0.29) is 6.10 Å². The van der Waals surface area contributed by atoms with Gasteiger partial charge in [0, 0.05) is 35.6 Å². The minimum absolute atomic E-state index is 0.0664. The highest BCUT2D eigenvalue weighted by atomic mass is 32.2. The summed E-state index contributed by atoms with van der Waals surface area (Å²) in [6, 6.07) is 0. The molecule has 1 aromatic rings. The highest BCUT2D eigenvalue weighted by molar-refractivity contribution is 7.99. The molecular formula is C11H15N3OS2. The van der Waals surface area contributed by atoms with Gasteiger partial charge >= 0.3 is 0 Å². The molecule has 0 aliphatic carbocycles. The van der Waals surface area contributed by atoms with Crippen LogP contribution >= 0.6 is 23.5 Å². The van der Waals surface area contributed by atoms with Gasteiger partial charge in [0.25, 0.3) is 0 Å². The number of nitrogens with zero attached hydrogens (tertiary/aromatic N) is 2. The third-order valence-electron chi connectivity index (χ3n) is 2.94.